The Balaban J connectivity index is 1.67. The third-order valence-electron chi connectivity index (χ3n) is 4.33. The maximum atomic E-state index is 11.9. The van der Waals surface area contributed by atoms with Gasteiger partial charge in [-0.05, 0) is 44.3 Å². The number of hydrogen-bond acceptors (Lipinski definition) is 3. The molecule has 1 aliphatic heterocycles. The number of aliphatic hydroxyl groups is 1. The Morgan fingerprint density at radius 1 is 1.41 bits per heavy atom. The number of rotatable bonds is 6. The summed E-state index contributed by atoms with van der Waals surface area (Å²) in [6.07, 6.45) is 2.28. The standard InChI is InChI=1S/C18H28N2O2/c1-14-6-8-20(9-7-14)13-17(21)12-19-18(22)11-16-5-3-4-15(2)10-16/h3-5,10,14,17,21H,6-9,11-13H2,1-2H3,(H,19,22). The van der Waals surface area contributed by atoms with Gasteiger partial charge in [0.2, 0.25) is 5.91 Å². The Labute approximate surface area is 133 Å². The predicted octanol–water partition coefficient (Wildman–Crippen LogP) is 1.75. The van der Waals surface area contributed by atoms with Crippen molar-refractivity contribution in [2.24, 2.45) is 5.92 Å². The number of hydrogen-bond donors (Lipinski definition) is 2. The molecule has 4 heteroatoms. The quantitative estimate of drug-likeness (QED) is 0.842. The van der Waals surface area contributed by atoms with Crippen LogP contribution in [0.2, 0.25) is 0 Å². The van der Waals surface area contributed by atoms with Crippen LogP contribution in [0.3, 0.4) is 0 Å². The summed E-state index contributed by atoms with van der Waals surface area (Å²) >= 11 is 0. The van der Waals surface area contributed by atoms with Crippen molar-refractivity contribution in [2.75, 3.05) is 26.2 Å². The molecule has 0 aliphatic carbocycles. The van der Waals surface area contributed by atoms with Crippen LogP contribution < -0.4 is 5.32 Å². The van der Waals surface area contributed by atoms with Crippen LogP contribution in [0.25, 0.3) is 0 Å². The van der Waals surface area contributed by atoms with E-state index in [9.17, 15) is 9.90 Å². The van der Waals surface area contributed by atoms with E-state index in [1.54, 1.807) is 0 Å². The van der Waals surface area contributed by atoms with Crippen LogP contribution in [0.5, 0.6) is 0 Å². The molecule has 22 heavy (non-hydrogen) atoms. The van der Waals surface area contributed by atoms with Gasteiger partial charge in [0.15, 0.2) is 0 Å². The van der Waals surface area contributed by atoms with Crippen molar-refractivity contribution in [1.82, 2.24) is 10.2 Å². The number of piperidine rings is 1. The Bertz CT molecular complexity index is 482. The number of aliphatic hydroxyl groups excluding tert-OH is 1. The second kappa shape index (κ2) is 8.30. The smallest absolute Gasteiger partial charge is 0.224 e. The van der Waals surface area contributed by atoms with Gasteiger partial charge < -0.3 is 15.3 Å². The number of carbonyl (C=O) groups is 1. The first-order valence-corrected chi connectivity index (χ1v) is 8.25. The van der Waals surface area contributed by atoms with Crippen LogP contribution in [-0.2, 0) is 11.2 Å². The van der Waals surface area contributed by atoms with Crippen molar-refractivity contribution >= 4 is 5.91 Å². The third-order valence-corrected chi connectivity index (χ3v) is 4.33. The van der Waals surface area contributed by atoms with E-state index in [1.165, 1.54) is 12.8 Å². The number of carbonyl (C=O) groups excluding carboxylic acids is 1. The highest BCUT2D eigenvalue weighted by atomic mass is 16.3. The molecule has 1 saturated heterocycles. The molecular weight excluding hydrogens is 276 g/mol. The molecule has 0 aromatic heterocycles. The van der Waals surface area contributed by atoms with Gasteiger partial charge in [-0.2, -0.15) is 0 Å². The van der Waals surface area contributed by atoms with E-state index < -0.39 is 6.10 Å². The molecule has 4 nitrogen and oxygen atoms in total. The van der Waals surface area contributed by atoms with Gasteiger partial charge in [-0.1, -0.05) is 36.8 Å². The minimum Gasteiger partial charge on any atom is -0.390 e. The minimum atomic E-state index is -0.491. The van der Waals surface area contributed by atoms with Crippen LogP contribution in [-0.4, -0.2) is 48.2 Å². The van der Waals surface area contributed by atoms with Crippen molar-refractivity contribution in [3.63, 3.8) is 0 Å². The van der Waals surface area contributed by atoms with E-state index in [2.05, 4.69) is 17.1 Å². The van der Waals surface area contributed by atoms with Gasteiger partial charge in [-0.25, -0.2) is 0 Å². The van der Waals surface area contributed by atoms with Crippen molar-refractivity contribution in [1.29, 1.82) is 0 Å². The fourth-order valence-electron chi connectivity index (χ4n) is 2.91. The lowest BCUT2D eigenvalue weighted by Crippen LogP contribution is -2.43. The number of likely N-dealkylation sites (tertiary alicyclic amines) is 1. The summed E-state index contributed by atoms with van der Waals surface area (Å²) in [5.74, 6) is 0.763. The van der Waals surface area contributed by atoms with E-state index >= 15 is 0 Å². The van der Waals surface area contributed by atoms with E-state index in [4.69, 9.17) is 0 Å². The van der Waals surface area contributed by atoms with Crippen LogP contribution in [0.4, 0.5) is 0 Å². The molecule has 1 aromatic carbocycles. The molecule has 1 heterocycles. The molecule has 1 atom stereocenters. The number of benzene rings is 1. The molecule has 0 bridgehead atoms. The number of nitrogens with one attached hydrogen (secondary N) is 1. The first kappa shape index (κ1) is 17.0. The molecule has 1 unspecified atom stereocenters. The number of amides is 1. The summed E-state index contributed by atoms with van der Waals surface area (Å²) in [7, 11) is 0. The molecule has 0 spiro atoms. The monoisotopic (exact) mass is 304 g/mol. The van der Waals surface area contributed by atoms with Crippen molar-refractivity contribution in [3.05, 3.63) is 35.4 Å². The van der Waals surface area contributed by atoms with Gasteiger partial charge in [0.05, 0.1) is 12.5 Å². The first-order chi connectivity index (χ1) is 10.5. The number of nitrogens with zero attached hydrogens (tertiary/aromatic N) is 1. The van der Waals surface area contributed by atoms with E-state index in [0.717, 1.165) is 30.1 Å². The highest BCUT2D eigenvalue weighted by Gasteiger charge is 2.18. The summed E-state index contributed by atoms with van der Waals surface area (Å²) in [5.41, 5.74) is 2.17. The molecule has 1 fully saturated rings. The van der Waals surface area contributed by atoms with E-state index in [1.807, 2.05) is 31.2 Å². The molecule has 122 valence electrons. The summed E-state index contributed by atoms with van der Waals surface area (Å²) in [6.45, 7) is 7.38. The Morgan fingerprint density at radius 3 is 2.82 bits per heavy atom. The van der Waals surface area contributed by atoms with Crippen LogP contribution in [0, 0.1) is 12.8 Å². The maximum Gasteiger partial charge on any atom is 0.224 e. The topological polar surface area (TPSA) is 52.6 Å². The molecule has 2 N–H and O–H groups in total. The largest absolute Gasteiger partial charge is 0.390 e. The summed E-state index contributed by atoms with van der Waals surface area (Å²) < 4.78 is 0. The molecule has 0 radical (unpaired) electrons. The molecule has 1 aromatic rings. The lowest BCUT2D eigenvalue weighted by atomic mass is 9.99. The van der Waals surface area contributed by atoms with Gasteiger partial charge in [0.1, 0.15) is 0 Å². The van der Waals surface area contributed by atoms with Crippen molar-refractivity contribution in [3.8, 4) is 0 Å². The van der Waals surface area contributed by atoms with E-state index in [-0.39, 0.29) is 5.91 Å². The van der Waals surface area contributed by atoms with E-state index in [0.29, 0.717) is 19.5 Å². The third kappa shape index (κ3) is 5.78. The summed E-state index contributed by atoms with van der Waals surface area (Å²) in [4.78, 5) is 14.2. The van der Waals surface area contributed by atoms with Crippen molar-refractivity contribution < 1.29 is 9.90 Å². The zero-order valence-electron chi connectivity index (χ0n) is 13.7. The summed E-state index contributed by atoms with van der Waals surface area (Å²) in [5, 5.41) is 12.9. The van der Waals surface area contributed by atoms with Gasteiger partial charge in [0, 0.05) is 13.1 Å². The van der Waals surface area contributed by atoms with Crippen LogP contribution >= 0.6 is 0 Å². The highest BCUT2D eigenvalue weighted by molar-refractivity contribution is 5.78. The highest BCUT2D eigenvalue weighted by Crippen LogP contribution is 2.15. The normalized spacial score (nSPS) is 18.1. The SMILES string of the molecule is Cc1cccc(CC(=O)NCC(O)CN2CCC(C)CC2)c1. The average Bonchev–Trinajstić information content (AvgIpc) is 2.48. The zero-order valence-corrected chi connectivity index (χ0v) is 13.7. The van der Waals surface area contributed by atoms with Gasteiger partial charge in [-0.15, -0.1) is 0 Å². The van der Waals surface area contributed by atoms with Crippen LogP contribution in [0.15, 0.2) is 24.3 Å². The minimum absolute atomic E-state index is 0.0306. The molecule has 0 saturated carbocycles. The summed E-state index contributed by atoms with van der Waals surface area (Å²) in [6, 6.07) is 7.96. The lowest BCUT2D eigenvalue weighted by molar-refractivity contribution is -0.121. The molecule has 1 amide bonds. The van der Waals surface area contributed by atoms with Crippen LogP contribution in [0.1, 0.15) is 30.9 Å². The average molecular weight is 304 g/mol. The fraction of sp³-hybridized carbons (Fsp3) is 0.611. The Hall–Kier alpha value is -1.39. The zero-order chi connectivity index (χ0) is 15.9. The van der Waals surface area contributed by atoms with Gasteiger partial charge >= 0.3 is 0 Å². The predicted molar refractivity (Wildman–Crippen MR) is 88.7 cm³/mol. The second-order valence-corrected chi connectivity index (χ2v) is 6.61. The second-order valence-electron chi connectivity index (χ2n) is 6.61. The van der Waals surface area contributed by atoms with Gasteiger partial charge in [0.25, 0.3) is 0 Å². The lowest BCUT2D eigenvalue weighted by Gasteiger charge is -2.31. The number of β-amino-alcohol motifs (C(OH)–C–C–N with tert-alkyl or cyclic N) is 1. The molecular formula is C18H28N2O2. The maximum absolute atomic E-state index is 11.9. The molecule has 2 rings (SSSR count). The van der Waals surface area contributed by atoms with Crippen molar-refractivity contribution in [2.45, 2.75) is 39.2 Å². The first-order valence-electron chi connectivity index (χ1n) is 8.25. The fourth-order valence-corrected chi connectivity index (χ4v) is 2.91. The Morgan fingerprint density at radius 2 is 2.14 bits per heavy atom. The van der Waals surface area contributed by atoms with Gasteiger partial charge in [-0.3, -0.25) is 4.79 Å². The molecule has 1 aliphatic rings. The number of aryl methyl sites for hydroxylation is 1. The Kier molecular flexibility index (Phi) is 6.40.